The largest absolute Gasteiger partial charge is 0.381 e. The van der Waals surface area contributed by atoms with Crippen molar-refractivity contribution in [3.63, 3.8) is 0 Å². The second-order valence-electron chi connectivity index (χ2n) is 20.6. The van der Waals surface area contributed by atoms with E-state index in [1.807, 2.05) is 0 Å². The van der Waals surface area contributed by atoms with Gasteiger partial charge in [-0.15, -0.1) is 0 Å². The molecule has 0 N–H and O–H groups in total. The van der Waals surface area contributed by atoms with Gasteiger partial charge in [0.25, 0.3) is 0 Å². The van der Waals surface area contributed by atoms with Gasteiger partial charge in [0.15, 0.2) is 0 Å². The number of hydrogen-bond donors (Lipinski definition) is 0. The van der Waals surface area contributed by atoms with Crippen LogP contribution in [0.5, 0.6) is 0 Å². The molecule has 2 nitrogen and oxygen atoms in total. The fraction of sp³-hybridized carbons (Fsp3) is 0.935. The van der Waals surface area contributed by atoms with Crippen molar-refractivity contribution < 1.29 is 9.47 Å². The molecule has 382 valence electrons. The summed E-state index contributed by atoms with van der Waals surface area (Å²) in [4.78, 5) is 0. The van der Waals surface area contributed by atoms with E-state index in [-0.39, 0.29) is 0 Å². The summed E-state index contributed by atoms with van der Waals surface area (Å²) in [7, 11) is 0. The predicted octanol–water partition coefficient (Wildman–Crippen LogP) is 22.5. The van der Waals surface area contributed by atoms with Crippen molar-refractivity contribution in [2.24, 2.45) is 0 Å². The zero-order valence-electron chi connectivity index (χ0n) is 44.7. The number of allylic oxidation sites excluding steroid dienone is 4. The van der Waals surface area contributed by atoms with Crippen LogP contribution in [0, 0.1) is 0 Å². The standard InChI is InChI=1S/C62H122O2/c1-3-5-7-9-11-13-15-17-19-31-35-39-43-47-51-55-59-63-61-57-53-49-45-41-37-33-29-27-25-23-21-22-24-26-28-30-34-38-42-46-50-54-58-62-64-60-56-52-48-44-40-36-32-20-18-16-14-12-10-8-6-4-2/h17-20H,3-16,21-62H2,1-2H3/b19-17-,20-18-. The van der Waals surface area contributed by atoms with Crippen molar-refractivity contribution in [2.75, 3.05) is 26.4 Å². The second-order valence-corrected chi connectivity index (χ2v) is 20.6. The maximum atomic E-state index is 5.92. The van der Waals surface area contributed by atoms with Crippen LogP contribution in [0.3, 0.4) is 0 Å². The van der Waals surface area contributed by atoms with Crippen molar-refractivity contribution in [1.82, 2.24) is 0 Å². The average molecular weight is 900 g/mol. The summed E-state index contributed by atoms with van der Waals surface area (Å²) in [6, 6.07) is 0. The zero-order chi connectivity index (χ0) is 45.8. The van der Waals surface area contributed by atoms with Crippen molar-refractivity contribution in [3.05, 3.63) is 24.3 Å². The molecular weight excluding hydrogens is 777 g/mol. The summed E-state index contributed by atoms with van der Waals surface area (Å²) in [6.07, 6.45) is 82.6. The summed E-state index contributed by atoms with van der Waals surface area (Å²) in [5, 5.41) is 0. The minimum Gasteiger partial charge on any atom is -0.381 e. The lowest BCUT2D eigenvalue weighted by molar-refractivity contribution is 0.125. The van der Waals surface area contributed by atoms with Gasteiger partial charge < -0.3 is 9.47 Å². The van der Waals surface area contributed by atoms with E-state index in [0.717, 1.165) is 26.4 Å². The highest BCUT2D eigenvalue weighted by atomic mass is 16.5. The highest BCUT2D eigenvalue weighted by molar-refractivity contribution is 4.82. The monoisotopic (exact) mass is 899 g/mol. The molecule has 0 spiro atoms. The van der Waals surface area contributed by atoms with Gasteiger partial charge in [-0.1, -0.05) is 295 Å². The summed E-state index contributed by atoms with van der Waals surface area (Å²) >= 11 is 0. The third-order valence-corrected chi connectivity index (χ3v) is 13.9. The van der Waals surface area contributed by atoms with Gasteiger partial charge in [0, 0.05) is 26.4 Å². The van der Waals surface area contributed by atoms with Gasteiger partial charge in [-0.2, -0.15) is 0 Å². The molecule has 0 aliphatic carbocycles. The van der Waals surface area contributed by atoms with E-state index in [4.69, 9.17) is 9.47 Å². The first-order chi connectivity index (χ1) is 31.9. The topological polar surface area (TPSA) is 18.5 Å². The lowest BCUT2D eigenvalue weighted by Crippen LogP contribution is -1.97. The molecule has 0 aromatic heterocycles. The summed E-state index contributed by atoms with van der Waals surface area (Å²) < 4.78 is 11.8. The van der Waals surface area contributed by atoms with E-state index < -0.39 is 0 Å². The molecular formula is C62H122O2. The summed E-state index contributed by atoms with van der Waals surface area (Å²) in [5.74, 6) is 0. The maximum absolute atomic E-state index is 5.92. The first kappa shape index (κ1) is 63.4. The van der Waals surface area contributed by atoms with E-state index in [1.54, 1.807) is 0 Å². The van der Waals surface area contributed by atoms with E-state index >= 15 is 0 Å². The van der Waals surface area contributed by atoms with Crippen LogP contribution in [0.4, 0.5) is 0 Å². The third-order valence-electron chi connectivity index (χ3n) is 13.9. The molecule has 0 atom stereocenters. The zero-order valence-corrected chi connectivity index (χ0v) is 44.7. The Morgan fingerprint density at radius 3 is 0.484 bits per heavy atom. The molecule has 0 aromatic rings. The summed E-state index contributed by atoms with van der Waals surface area (Å²) in [6.45, 7) is 8.54. The first-order valence-electron chi connectivity index (χ1n) is 30.4. The van der Waals surface area contributed by atoms with Crippen LogP contribution in [0.25, 0.3) is 0 Å². The lowest BCUT2D eigenvalue weighted by atomic mass is 10.0. The number of rotatable bonds is 59. The van der Waals surface area contributed by atoms with Crippen molar-refractivity contribution in [2.45, 2.75) is 348 Å². The van der Waals surface area contributed by atoms with Crippen LogP contribution in [0.15, 0.2) is 24.3 Å². The Labute approximate surface area is 406 Å². The van der Waals surface area contributed by atoms with Crippen LogP contribution in [-0.4, -0.2) is 26.4 Å². The van der Waals surface area contributed by atoms with Crippen LogP contribution in [0.1, 0.15) is 348 Å². The maximum Gasteiger partial charge on any atom is 0.0466 e. The Morgan fingerprint density at radius 2 is 0.312 bits per heavy atom. The van der Waals surface area contributed by atoms with Crippen molar-refractivity contribution >= 4 is 0 Å². The van der Waals surface area contributed by atoms with Crippen LogP contribution in [-0.2, 0) is 9.47 Å². The Bertz CT molecular complexity index is 765. The molecule has 0 fully saturated rings. The molecule has 64 heavy (non-hydrogen) atoms. The van der Waals surface area contributed by atoms with Crippen LogP contribution < -0.4 is 0 Å². The molecule has 0 bridgehead atoms. The van der Waals surface area contributed by atoms with Crippen LogP contribution >= 0.6 is 0 Å². The van der Waals surface area contributed by atoms with Crippen molar-refractivity contribution in [1.29, 1.82) is 0 Å². The smallest absolute Gasteiger partial charge is 0.0466 e. The van der Waals surface area contributed by atoms with Gasteiger partial charge in [-0.05, 0) is 77.0 Å². The quantitative estimate of drug-likeness (QED) is 0.0447. The SMILES string of the molecule is CCCCCCCC/C=C\CCCCCCCCOCCCCCCCCCCCCCCCCCCCCCCCCCCOCCCCCCCC/C=C\CCCCCCCC. The molecule has 0 saturated heterocycles. The Morgan fingerprint density at radius 1 is 0.172 bits per heavy atom. The molecule has 0 rings (SSSR count). The minimum absolute atomic E-state index is 0.984. The number of hydrogen-bond acceptors (Lipinski definition) is 2. The molecule has 0 unspecified atom stereocenters. The van der Waals surface area contributed by atoms with Gasteiger partial charge in [0.05, 0.1) is 0 Å². The Balaban J connectivity index is 3.09. The number of unbranched alkanes of at least 4 members (excludes halogenated alkanes) is 47. The molecule has 0 heterocycles. The third kappa shape index (κ3) is 61.4. The van der Waals surface area contributed by atoms with Gasteiger partial charge in [-0.25, -0.2) is 0 Å². The highest BCUT2D eigenvalue weighted by Gasteiger charge is 1.99. The Hall–Kier alpha value is -0.600. The fourth-order valence-electron chi connectivity index (χ4n) is 9.40. The number of ether oxygens (including phenoxy) is 2. The van der Waals surface area contributed by atoms with Gasteiger partial charge in [0.2, 0.25) is 0 Å². The van der Waals surface area contributed by atoms with Gasteiger partial charge >= 0.3 is 0 Å². The predicted molar refractivity (Wildman–Crippen MR) is 291 cm³/mol. The van der Waals surface area contributed by atoms with E-state index in [0.29, 0.717) is 0 Å². The van der Waals surface area contributed by atoms with Crippen molar-refractivity contribution in [3.8, 4) is 0 Å². The van der Waals surface area contributed by atoms with E-state index in [9.17, 15) is 0 Å². The lowest BCUT2D eigenvalue weighted by Gasteiger charge is -2.06. The molecule has 0 amide bonds. The summed E-state index contributed by atoms with van der Waals surface area (Å²) in [5.41, 5.74) is 0. The molecule has 0 saturated carbocycles. The minimum atomic E-state index is 0.984. The molecule has 0 aliphatic heterocycles. The molecule has 2 heteroatoms. The molecule has 0 radical (unpaired) electrons. The van der Waals surface area contributed by atoms with E-state index in [1.165, 1.54) is 334 Å². The second kappa shape index (κ2) is 62.4. The highest BCUT2D eigenvalue weighted by Crippen LogP contribution is 2.17. The molecule has 0 aromatic carbocycles. The van der Waals surface area contributed by atoms with Gasteiger partial charge in [0.1, 0.15) is 0 Å². The van der Waals surface area contributed by atoms with Crippen LogP contribution in [0.2, 0.25) is 0 Å². The normalized spacial score (nSPS) is 12.0. The first-order valence-corrected chi connectivity index (χ1v) is 30.4. The molecule has 0 aliphatic rings. The van der Waals surface area contributed by atoms with E-state index in [2.05, 4.69) is 38.2 Å². The fourth-order valence-corrected chi connectivity index (χ4v) is 9.40. The van der Waals surface area contributed by atoms with Gasteiger partial charge in [-0.3, -0.25) is 0 Å². The Kier molecular flexibility index (Phi) is 61.8. The average Bonchev–Trinajstić information content (AvgIpc) is 3.31.